The minimum Gasteiger partial charge on any atom is -0.449 e. The van der Waals surface area contributed by atoms with Crippen LogP contribution in [0.5, 0.6) is 0 Å². The highest BCUT2D eigenvalue weighted by Gasteiger charge is 2.16. The predicted octanol–water partition coefficient (Wildman–Crippen LogP) is 0.608. The van der Waals surface area contributed by atoms with Gasteiger partial charge in [0.15, 0.2) is 6.10 Å². The standard InChI is InChI=1S/C11H14N2O3/c1-6-3-4-8(5-9(6)12)11(15)16-7(2)10(13)14/h3-5,7H,12H2,1-2H3,(H2,13,14). The Bertz CT molecular complexity index is 429. The summed E-state index contributed by atoms with van der Waals surface area (Å²) in [6.45, 7) is 3.24. The SMILES string of the molecule is Cc1ccc(C(=O)OC(C)C(N)=O)cc1N. The van der Waals surface area contributed by atoms with Crippen LogP contribution in [0.2, 0.25) is 0 Å². The van der Waals surface area contributed by atoms with Crippen LogP contribution in [0, 0.1) is 6.92 Å². The fourth-order valence-corrected chi connectivity index (χ4v) is 1.05. The van der Waals surface area contributed by atoms with Gasteiger partial charge in [-0.15, -0.1) is 0 Å². The average molecular weight is 222 g/mol. The predicted molar refractivity (Wildman–Crippen MR) is 59.7 cm³/mol. The summed E-state index contributed by atoms with van der Waals surface area (Å²) in [4.78, 5) is 22.2. The Balaban J connectivity index is 2.81. The van der Waals surface area contributed by atoms with Crippen LogP contribution in [-0.4, -0.2) is 18.0 Å². The molecule has 16 heavy (non-hydrogen) atoms. The molecule has 5 nitrogen and oxygen atoms in total. The zero-order valence-electron chi connectivity index (χ0n) is 9.19. The molecule has 0 saturated carbocycles. The second-order valence-electron chi connectivity index (χ2n) is 3.52. The molecule has 1 atom stereocenters. The zero-order chi connectivity index (χ0) is 12.3. The van der Waals surface area contributed by atoms with Crippen LogP contribution in [0.15, 0.2) is 18.2 Å². The quantitative estimate of drug-likeness (QED) is 0.578. The molecule has 1 rings (SSSR count). The van der Waals surface area contributed by atoms with Gasteiger partial charge in [0.05, 0.1) is 5.56 Å². The molecule has 1 aromatic carbocycles. The second kappa shape index (κ2) is 4.65. The second-order valence-corrected chi connectivity index (χ2v) is 3.52. The van der Waals surface area contributed by atoms with E-state index in [9.17, 15) is 9.59 Å². The number of nitrogens with two attached hydrogens (primary N) is 2. The van der Waals surface area contributed by atoms with Gasteiger partial charge in [-0.2, -0.15) is 0 Å². The Kier molecular flexibility index (Phi) is 3.50. The van der Waals surface area contributed by atoms with E-state index >= 15 is 0 Å². The Hall–Kier alpha value is -2.04. The third-order valence-electron chi connectivity index (χ3n) is 2.20. The molecule has 86 valence electrons. The minimum absolute atomic E-state index is 0.302. The van der Waals surface area contributed by atoms with E-state index in [-0.39, 0.29) is 0 Å². The summed E-state index contributed by atoms with van der Waals surface area (Å²) in [5.41, 5.74) is 12.3. The van der Waals surface area contributed by atoms with E-state index in [0.717, 1.165) is 5.56 Å². The molecule has 0 spiro atoms. The van der Waals surface area contributed by atoms with Crippen LogP contribution in [0.3, 0.4) is 0 Å². The molecule has 0 radical (unpaired) electrons. The lowest BCUT2D eigenvalue weighted by atomic mass is 10.1. The van der Waals surface area contributed by atoms with Crippen molar-refractivity contribution < 1.29 is 14.3 Å². The smallest absolute Gasteiger partial charge is 0.338 e. The molecule has 0 aromatic heterocycles. The number of anilines is 1. The van der Waals surface area contributed by atoms with Crippen LogP contribution < -0.4 is 11.5 Å². The third kappa shape index (κ3) is 2.73. The van der Waals surface area contributed by atoms with Gasteiger partial charge in [0.2, 0.25) is 0 Å². The summed E-state index contributed by atoms with van der Waals surface area (Å²) in [6, 6.07) is 4.80. The molecule has 0 aliphatic rings. The van der Waals surface area contributed by atoms with Gasteiger partial charge >= 0.3 is 5.97 Å². The number of hydrogen-bond acceptors (Lipinski definition) is 4. The zero-order valence-corrected chi connectivity index (χ0v) is 9.19. The van der Waals surface area contributed by atoms with Gasteiger partial charge in [-0.25, -0.2) is 4.79 Å². The molecular weight excluding hydrogens is 208 g/mol. The minimum atomic E-state index is -0.949. The van der Waals surface area contributed by atoms with Crippen molar-refractivity contribution >= 4 is 17.6 Å². The Morgan fingerprint density at radius 1 is 1.38 bits per heavy atom. The lowest BCUT2D eigenvalue weighted by molar-refractivity contribution is -0.125. The van der Waals surface area contributed by atoms with Gasteiger partial charge in [0.25, 0.3) is 5.91 Å². The summed E-state index contributed by atoms with van der Waals surface area (Å²) in [5.74, 6) is -1.30. The van der Waals surface area contributed by atoms with Crippen molar-refractivity contribution in [3.63, 3.8) is 0 Å². The van der Waals surface area contributed by atoms with Crippen molar-refractivity contribution in [3.05, 3.63) is 29.3 Å². The van der Waals surface area contributed by atoms with Gasteiger partial charge in [-0.3, -0.25) is 4.79 Å². The van der Waals surface area contributed by atoms with Gasteiger partial charge in [0.1, 0.15) is 0 Å². The van der Waals surface area contributed by atoms with E-state index in [4.69, 9.17) is 16.2 Å². The Morgan fingerprint density at radius 3 is 2.50 bits per heavy atom. The average Bonchev–Trinajstić information content (AvgIpc) is 2.21. The van der Waals surface area contributed by atoms with E-state index in [1.165, 1.54) is 13.0 Å². The monoisotopic (exact) mass is 222 g/mol. The molecule has 1 unspecified atom stereocenters. The number of carbonyl (C=O) groups is 2. The molecule has 5 heteroatoms. The number of carbonyl (C=O) groups excluding carboxylic acids is 2. The highest BCUT2D eigenvalue weighted by atomic mass is 16.5. The number of amides is 1. The fourth-order valence-electron chi connectivity index (χ4n) is 1.05. The number of benzene rings is 1. The maximum atomic E-state index is 11.5. The summed E-state index contributed by atoms with van der Waals surface area (Å²) >= 11 is 0. The third-order valence-corrected chi connectivity index (χ3v) is 2.20. The summed E-state index contributed by atoms with van der Waals surface area (Å²) in [5, 5.41) is 0. The Morgan fingerprint density at radius 2 is 2.00 bits per heavy atom. The molecular formula is C11H14N2O3. The van der Waals surface area contributed by atoms with Crippen molar-refractivity contribution in [2.75, 3.05) is 5.73 Å². The van der Waals surface area contributed by atoms with Crippen molar-refractivity contribution in [1.82, 2.24) is 0 Å². The molecule has 0 saturated heterocycles. The van der Waals surface area contributed by atoms with Gasteiger partial charge in [-0.05, 0) is 31.5 Å². The largest absolute Gasteiger partial charge is 0.449 e. The molecule has 0 bridgehead atoms. The first-order chi connectivity index (χ1) is 7.41. The van der Waals surface area contributed by atoms with Gasteiger partial charge in [0, 0.05) is 5.69 Å². The van der Waals surface area contributed by atoms with Crippen LogP contribution in [0.1, 0.15) is 22.8 Å². The first-order valence-electron chi connectivity index (χ1n) is 4.78. The number of hydrogen-bond donors (Lipinski definition) is 2. The number of esters is 1. The van der Waals surface area contributed by atoms with Crippen molar-refractivity contribution in [3.8, 4) is 0 Å². The van der Waals surface area contributed by atoms with Crippen LogP contribution in [-0.2, 0) is 9.53 Å². The van der Waals surface area contributed by atoms with Crippen LogP contribution in [0.25, 0.3) is 0 Å². The molecule has 1 aromatic rings. The fraction of sp³-hybridized carbons (Fsp3) is 0.273. The number of aryl methyl sites for hydroxylation is 1. The summed E-state index contributed by atoms with van der Waals surface area (Å²) in [6.07, 6.45) is -0.949. The topological polar surface area (TPSA) is 95.4 Å². The van der Waals surface area contributed by atoms with E-state index in [2.05, 4.69) is 0 Å². The Labute approximate surface area is 93.4 Å². The first kappa shape index (κ1) is 12.0. The van der Waals surface area contributed by atoms with E-state index < -0.39 is 18.0 Å². The maximum Gasteiger partial charge on any atom is 0.338 e. The molecule has 0 fully saturated rings. The van der Waals surface area contributed by atoms with E-state index in [1.54, 1.807) is 12.1 Å². The van der Waals surface area contributed by atoms with E-state index in [0.29, 0.717) is 11.3 Å². The van der Waals surface area contributed by atoms with Crippen molar-refractivity contribution in [2.24, 2.45) is 5.73 Å². The van der Waals surface area contributed by atoms with E-state index in [1.807, 2.05) is 6.92 Å². The molecule has 0 aliphatic heterocycles. The molecule has 1 amide bonds. The highest BCUT2D eigenvalue weighted by molar-refractivity contribution is 5.92. The highest BCUT2D eigenvalue weighted by Crippen LogP contribution is 2.14. The molecule has 0 heterocycles. The van der Waals surface area contributed by atoms with Crippen molar-refractivity contribution in [1.29, 1.82) is 0 Å². The number of ether oxygens (including phenoxy) is 1. The molecule has 4 N–H and O–H groups in total. The lowest BCUT2D eigenvalue weighted by Gasteiger charge is -2.10. The number of primary amides is 1. The van der Waals surface area contributed by atoms with Crippen LogP contribution >= 0.6 is 0 Å². The number of nitrogen functional groups attached to an aromatic ring is 1. The maximum absolute atomic E-state index is 11.5. The summed E-state index contributed by atoms with van der Waals surface area (Å²) < 4.78 is 4.82. The van der Waals surface area contributed by atoms with Crippen LogP contribution in [0.4, 0.5) is 5.69 Å². The first-order valence-corrected chi connectivity index (χ1v) is 4.78. The van der Waals surface area contributed by atoms with Gasteiger partial charge < -0.3 is 16.2 Å². The summed E-state index contributed by atoms with van der Waals surface area (Å²) in [7, 11) is 0. The lowest BCUT2D eigenvalue weighted by Crippen LogP contribution is -2.30. The van der Waals surface area contributed by atoms with Gasteiger partial charge in [-0.1, -0.05) is 6.07 Å². The number of rotatable bonds is 3. The molecule has 0 aliphatic carbocycles. The van der Waals surface area contributed by atoms with Crippen molar-refractivity contribution in [2.45, 2.75) is 20.0 Å². The normalized spacial score (nSPS) is 11.9.